The number of nitrogens with one attached hydrogen (secondary N) is 3. The van der Waals surface area contributed by atoms with E-state index in [-0.39, 0.29) is 0 Å². The van der Waals surface area contributed by atoms with Gasteiger partial charge in [-0.1, -0.05) is 0 Å². The van der Waals surface area contributed by atoms with Crippen LogP contribution in [0.5, 0.6) is 0 Å². The highest BCUT2D eigenvalue weighted by atomic mass is 15.1. The van der Waals surface area contributed by atoms with Gasteiger partial charge in [-0.2, -0.15) is 0 Å². The summed E-state index contributed by atoms with van der Waals surface area (Å²) in [5.74, 6) is 2.24. The lowest BCUT2D eigenvalue weighted by atomic mass is 10.00. The third-order valence-corrected chi connectivity index (χ3v) is 3.84. The minimum Gasteiger partial charge on any atom is -0.396 e. The van der Waals surface area contributed by atoms with E-state index in [1.165, 1.54) is 19.0 Å². The van der Waals surface area contributed by atoms with E-state index in [4.69, 9.17) is 11.5 Å². The van der Waals surface area contributed by atoms with Crippen molar-refractivity contribution in [3.8, 4) is 0 Å². The molecule has 0 amide bonds. The largest absolute Gasteiger partial charge is 0.396 e. The Kier molecular flexibility index (Phi) is 4.72. The normalized spacial score (nSPS) is 17.7. The first-order valence-electron chi connectivity index (χ1n) is 7.75. The van der Waals surface area contributed by atoms with Gasteiger partial charge in [-0.25, -0.2) is 15.0 Å². The highest BCUT2D eigenvalue weighted by Gasteiger charge is 2.13. The van der Waals surface area contributed by atoms with Gasteiger partial charge in [0.2, 0.25) is 0 Å². The lowest BCUT2D eigenvalue weighted by Crippen LogP contribution is -2.33. The quantitative estimate of drug-likeness (QED) is 0.557. The number of aromatic nitrogens is 3. The van der Waals surface area contributed by atoms with Crippen LogP contribution in [0.15, 0.2) is 24.7 Å². The molecule has 1 aliphatic rings. The Labute approximate surface area is 135 Å². The number of pyridine rings is 1. The molecule has 0 saturated carbocycles. The molecular weight excluding hydrogens is 292 g/mol. The van der Waals surface area contributed by atoms with Gasteiger partial charge < -0.3 is 27.4 Å². The van der Waals surface area contributed by atoms with Crippen LogP contribution in [0.25, 0.3) is 0 Å². The lowest BCUT2D eigenvalue weighted by Gasteiger charge is -2.23. The Balaban J connectivity index is 1.64. The number of hydrogen-bond acceptors (Lipinski definition) is 8. The zero-order valence-electron chi connectivity index (χ0n) is 12.9. The van der Waals surface area contributed by atoms with Gasteiger partial charge in [-0.3, -0.25) is 0 Å². The van der Waals surface area contributed by atoms with Crippen LogP contribution in [-0.4, -0.2) is 34.6 Å². The van der Waals surface area contributed by atoms with Crippen LogP contribution < -0.4 is 27.4 Å². The summed E-state index contributed by atoms with van der Waals surface area (Å²) in [5, 5.41) is 9.92. The molecule has 1 saturated heterocycles. The van der Waals surface area contributed by atoms with Gasteiger partial charge in [0, 0.05) is 12.6 Å². The van der Waals surface area contributed by atoms with Crippen LogP contribution in [0.3, 0.4) is 0 Å². The fraction of sp³-hybridized carbons (Fsp3) is 0.400. The number of nitrogens with zero attached hydrogens (tertiary/aromatic N) is 3. The molecule has 1 aliphatic heterocycles. The van der Waals surface area contributed by atoms with E-state index < -0.39 is 0 Å². The molecule has 0 bridgehead atoms. The van der Waals surface area contributed by atoms with Crippen LogP contribution in [0.4, 0.5) is 28.8 Å². The van der Waals surface area contributed by atoms with Crippen LogP contribution >= 0.6 is 0 Å². The van der Waals surface area contributed by atoms with E-state index in [1.807, 2.05) is 6.07 Å². The van der Waals surface area contributed by atoms with E-state index in [2.05, 4.69) is 30.9 Å². The molecule has 2 aromatic heterocycles. The second-order valence-corrected chi connectivity index (χ2v) is 5.70. The van der Waals surface area contributed by atoms with E-state index >= 15 is 0 Å². The van der Waals surface area contributed by atoms with Gasteiger partial charge in [-0.05, 0) is 31.8 Å². The average Bonchev–Trinajstić information content (AvgIpc) is 2.58. The maximum Gasteiger partial charge on any atom is 0.150 e. The maximum absolute atomic E-state index is 6.01. The lowest BCUT2D eigenvalue weighted by molar-refractivity contribution is 0.393. The first kappa shape index (κ1) is 15.3. The fourth-order valence-corrected chi connectivity index (χ4v) is 2.57. The van der Waals surface area contributed by atoms with E-state index in [9.17, 15) is 0 Å². The zero-order valence-corrected chi connectivity index (χ0v) is 12.9. The molecule has 7 N–H and O–H groups in total. The zero-order chi connectivity index (χ0) is 16.1. The molecule has 2 aromatic rings. The van der Waals surface area contributed by atoms with Crippen LogP contribution in [-0.2, 0) is 0 Å². The minimum atomic E-state index is 0.379. The van der Waals surface area contributed by atoms with Crippen molar-refractivity contribution in [1.82, 2.24) is 20.3 Å². The summed E-state index contributed by atoms with van der Waals surface area (Å²) in [6.07, 6.45) is 7.15. The molecule has 1 atom stereocenters. The predicted molar refractivity (Wildman–Crippen MR) is 92.5 cm³/mol. The van der Waals surface area contributed by atoms with Gasteiger partial charge in [0.25, 0.3) is 0 Å². The molecule has 0 spiro atoms. The summed E-state index contributed by atoms with van der Waals surface area (Å²) in [5.41, 5.74) is 13.0. The summed E-state index contributed by atoms with van der Waals surface area (Å²) in [4.78, 5) is 12.4. The van der Waals surface area contributed by atoms with E-state index in [0.717, 1.165) is 25.3 Å². The molecule has 8 heteroatoms. The Morgan fingerprint density at radius 1 is 1.13 bits per heavy atom. The third-order valence-electron chi connectivity index (χ3n) is 3.84. The Hall–Kier alpha value is -2.61. The van der Waals surface area contributed by atoms with Gasteiger partial charge >= 0.3 is 0 Å². The molecule has 3 heterocycles. The molecule has 122 valence electrons. The molecule has 0 aliphatic carbocycles. The molecule has 3 rings (SSSR count). The predicted octanol–water partition coefficient (Wildman–Crippen LogP) is 1.19. The van der Waals surface area contributed by atoms with Crippen molar-refractivity contribution in [2.24, 2.45) is 5.92 Å². The van der Waals surface area contributed by atoms with Crippen molar-refractivity contribution in [3.63, 3.8) is 0 Å². The van der Waals surface area contributed by atoms with Gasteiger partial charge in [0.15, 0.2) is 0 Å². The van der Waals surface area contributed by atoms with Crippen molar-refractivity contribution in [3.05, 3.63) is 24.7 Å². The topological polar surface area (TPSA) is 127 Å². The van der Waals surface area contributed by atoms with E-state index in [1.54, 1.807) is 12.4 Å². The van der Waals surface area contributed by atoms with Crippen molar-refractivity contribution in [2.75, 3.05) is 41.7 Å². The van der Waals surface area contributed by atoms with Crippen LogP contribution in [0.1, 0.15) is 12.8 Å². The Bertz CT molecular complexity index is 636. The second-order valence-electron chi connectivity index (χ2n) is 5.70. The highest BCUT2D eigenvalue weighted by Crippen LogP contribution is 2.23. The second kappa shape index (κ2) is 7.10. The van der Waals surface area contributed by atoms with E-state index in [0.29, 0.717) is 29.1 Å². The smallest absolute Gasteiger partial charge is 0.150 e. The minimum absolute atomic E-state index is 0.379. The van der Waals surface area contributed by atoms with Gasteiger partial charge in [-0.15, -0.1) is 0 Å². The SMILES string of the molecule is Nc1cnc(Nc2cc(NC[C@H]3CCCNC3)c(N)cn2)cn1. The summed E-state index contributed by atoms with van der Waals surface area (Å²) in [7, 11) is 0. The number of nitrogens with two attached hydrogens (primary N) is 2. The van der Waals surface area contributed by atoms with Gasteiger partial charge in [0.1, 0.15) is 17.5 Å². The number of anilines is 5. The molecule has 8 nitrogen and oxygen atoms in total. The third kappa shape index (κ3) is 4.19. The van der Waals surface area contributed by atoms with Crippen molar-refractivity contribution in [1.29, 1.82) is 0 Å². The molecule has 23 heavy (non-hydrogen) atoms. The average molecular weight is 314 g/mol. The molecular formula is C15H22N8. The Morgan fingerprint density at radius 3 is 2.74 bits per heavy atom. The van der Waals surface area contributed by atoms with Crippen molar-refractivity contribution >= 4 is 28.8 Å². The summed E-state index contributed by atoms with van der Waals surface area (Å²) in [6, 6.07) is 1.88. The van der Waals surface area contributed by atoms with Crippen molar-refractivity contribution < 1.29 is 0 Å². The van der Waals surface area contributed by atoms with Crippen molar-refractivity contribution in [2.45, 2.75) is 12.8 Å². The number of hydrogen-bond donors (Lipinski definition) is 5. The standard InChI is InChI=1S/C15H22N8/c16-11-7-21-14(23-15-9-20-13(17)8-22-15)4-12(11)19-6-10-2-1-3-18-5-10/h4,7-10,18H,1-3,5-6,16H2,(H2,17,20)(H2,19,21,22,23)/t10-/m0/s1. The highest BCUT2D eigenvalue weighted by molar-refractivity contribution is 5.70. The number of piperidine rings is 1. The molecule has 0 unspecified atom stereocenters. The molecule has 0 aromatic carbocycles. The number of rotatable bonds is 5. The van der Waals surface area contributed by atoms with Crippen LogP contribution in [0, 0.1) is 5.92 Å². The molecule has 1 fully saturated rings. The summed E-state index contributed by atoms with van der Waals surface area (Å²) < 4.78 is 0. The fourth-order valence-electron chi connectivity index (χ4n) is 2.57. The number of nitrogen functional groups attached to an aromatic ring is 2. The van der Waals surface area contributed by atoms with Gasteiger partial charge in [0.05, 0.1) is 30.0 Å². The first-order chi connectivity index (χ1) is 11.2. The first-order valence-corrected chi connectivity index (χ1v) is 7.75. The molecule has 0 radical (unpaired) electrons. The Morgan fingerprint density at radius 2 is 2.00 bits per heavy atom. The monoisotopic (exact) mass is 314 g/mol. The van der Waals surface area contributed by atoms with Crippen LogP contribution in [0.2, 0.25) is 0 Å². The summed E-state index contributed by atoms with van der Waals surface area (Å²) >= 11 is 0. The maximum atomic E-state index is 6.01. The summed E-state index contributed by atoms with van der Waals surface area (Å²) in [6.45, 7) is 3.05.